The van der Waals surface area contributed by atoms with Crippen molar-refractivity contribution in [3.05, 3.63) is 11.8 Å². The van der Waals surface area contributed by atoms with Gasteiger partial charge in [0.1, 0.15) is 37.1 Å². The molecule has 0 amide bonds. The van der Waals surface area contributed by atoms with E-state index in [-0.39, 0.29) is 48.2 Å². The summed E-state index contributed by atoms with van der Waals surface area (Å²) in [6.45, 7) is 3.16. The molecule has 3 aliphatic heterocycles. The molecular weight excluding hydrogens is 532 g/mol. The number of fused-ring (bicyclic) bond motifs is 2. The predicted molar refractivity (Wildman–Crippen MR) is 130 cm³/mol. The summed E-state index contributed by atoms with van der Waals surface area (Å²) in [5.41, 5.74) is 0.239. The molecule has 2 aliphatic carbocycles. The van der Waals surface area contributed by atoms with E-state index in [1.54, 1.807) is 0 Å². The second-order valence-corrected chi connectivity index (χ2v) is 11.6. The Labute approximate surface area is 231 Å². The van der Waals surface area contributed by atoms with Crippen LogP contribution in [0.25, 0.3) is 0 Å². The maximum atomic E-state index is 13.4. The highest BCUT2D eigenvalue weighted by Gasteiger charge is 2.56. The van der Waals surface area contributed by atoms with Crippen molar-refractivity contribution in [2.75, 3.05) is 20.3 Å². The van der Waals surface area contributed by atoms with Crippen molar-refractivity contribution in [2.24, 2.45) is 41.4 Å². The number of aliphatic hydroxyl groups is 4. The molecule has 224 valence electrons. The van der Waals surface area contributed by atoms with Crippen molar-refractivity contribution < 1.29 is 63.2 Å². The molecule has 0 aromatic heterocycles. The smallest absolute Gasteiger partial charge is 0.337 e. The first kappa shape index (κ1) is 29.2. The molecule has 14 atom stereocenters. The topological polar surface area (TPSA) is 188 Å². The van der Waals surface area contributed by atoms with Crippen molar-refractivity contribution in [3.63, 3.8) is 0 Å². The largest absolute Gasteiger partial charge is 0.472 e. The molecule has 0 aromatic rings. The third-order valence-electron chi connectivity index (χ3n) is 9.52. The van der Waals surface area contributed by atoms with Gasteiger partial charge >= 0.3 is 17.9 Å². The van der Waals surface area contributed by atoms with Crippen LogP contribution in [0.4, 0.5) is 0 Å². The Morgan fingerprint density at radius 2 is 1.82 bits per heavy atom. The summed E-state index contributed by atoms with van der Waals surface area (Å²) >= 11 is 0. The SMILES string of the molecule is COC(=O)C1=CO[C@@H](O[C@@H]2O[C@H](CO)[C@@H](O)[C@H](O)[C@H]2O)[C@@H]2[C@@H](C)[C@@H](OC(=O)[C@@H]3COC(=O)[C@H]4[C@@H]3CC[C@@H]4C)C[C@H]12. The zero-order chi connectivity index (χ0) is 28.9. The standard InChI is InChI=1S/C27H38O13/c1-10-4-5-12-14(8-36-25(34)18(10)12)24(33)38-16-6-13-15(23(32)35-3)9-37-26(19(13)11(16)2)40-27-22(31)21(30)20(29)17(7-28)39-27/h9-14,16-22,26-31H,4-8H2,1-3H3/t10-,11-,12+,13+,14+,16-,17+,18+,19+,20+,21-,22+,26-,27-/m0/s1. The highest BCUT2D eigenvalue weighted by Crippen LogP contribution is 2.50. The Hall–Kier alpha value is -2.29. The molecule has 4 fully saturated rings. The van der Waals surface area contributed by atoms with Crippen LogP contribution in [0.3, 0.4) is 0 Å². The number of carbonyl (C=O) groups is 3. The van der Waals surface area contributed by atoms with Crippen LogP contribution in [0.1, 0.15) is 33.1 Å². The predicted octanol–water partition coefficient (Wildman–Crippen LogP) is -0.765. The summed E-state index contributed by atoms with van der Waals surface area (Å²) in [6, 6.07) is 0. The molecule has 40 heavy (non-hydrogen) atoms. The van der Waals surface area contributed by atoms with Gasteiger partial charge in [0.2, 0.25) is 6.29 Å². The van der Waals surface area contributed by atoms with Gasteiger partial charge in [0.25, 0.3) is 0 Å². The van der Waals surface area contributed by atoms with Gasteiger partial charge in [-0.15, -0.1) is 0 Å². The molecule has 0 spiro atoms. The Balaban J connectivity index is 1.33. The van der Waals surface area contributed by atoms with Gasteiger partial charge in [-0.05, 0) is 31.1 Å². The number of methoxy groups -OCH3 is 1. The van der Waals surface area contributed by atoms with Gasteiger partial charge in [-0.25, -0.2) is 4.79 Å². The minimum absolute atomic E-state index is 0.0290. The molecule has 0 bridgehead atoms. The average molecular weight is 571 g/mol. The number of cyclic esters (lactones) is 1. The number of rotatable bonds is 6. The van der Waals surface area contributed by atoms with Crippen molar-refractivity contribution in [1.82, 2.24) is 0 Å². The molecule has 2 saturated heterocycles. The molecule has 4 N–H and O–H groups in total. The molecule has 5 aliphatic rings. The number of carbonyl (C=O) groups excluding carboxylic acids is 3. The lowest BCUT2D eigenvalue weighted by Crippen LogP contribution is -2.60. The molecule has 3 heterocycles. The lowest BCUT2D eigenvalue weighted by molar-refractivity contribution is -0.342. The highest BCUT2D eigenvalue weighted by atomic mass is 16.8. The third kappa shape index (κ3) is 5.01. The van der Waals surface area contributed by atoms with Crippen molar-refractivity contribution in [3.8, 4) is 0 Å². The van der Waals surface area contributed by atoms with Crippen LogP contribution < -0.4 is 0 Å². The maximum absolute atomic E-state index is 13.4. The Kier molecular flexibility index (Phi) is 8.42. The summed E-state index contributed by atoms with van der Waals surface area (Å²) in [5, 5.41) is 40.2. The summed E-state index contributed by atoms with van der Waals surface area (Å²) in [5.74, 6) is -3.67. The summed E-state index contributed by atoms with van der Waals surface area (Å²) in [7, 11) is 1.24. The van der Waals surface area contributed by atoms with Crippen LogP contribution in [0.2, 0.25) is 0 Å². The van der Waals surface area contributed by atoms with Crippen LogP contribution in [0, 0.1) is 41.4 Å². The molecule has 13 nitrogen and oxygen atoms in total. The van der Waals surface area contributed by atoms with Crippen LogP contribution >= 0.6 is 0 Å². The first-order valence-electron chi connectivity index (χ1n) is 13.8. The third-order valence-corrected chi connectivity index (χ3v) is 9.52. The quantitative estimate of drug-likeness (QED) is 0.231. The van der Waals surface area contributed by atoms with E-state index < -0.39 is 79.4 Å². The fourth-order valence-corrected chi connectivity index (χ4v) is 7.20. The van der Waals surface area contributed by atoms with Crippen molar-refractivity contribution >= 4 is 17.9 Å². The zero-order valence-corrected chi connectivity index (χ0v) is 22.7. The maximum Gasteiger partial charge on any atom is 0.337 e. The lowest BCUT2D eigenvalue weighted by Gasteiger charge is -2.43. The lowest BCUT2D eigenvalue weighted by atomic mass is 9.80. The van der Waals surface area contributed by atoms with E-state index in [0.717, 1.165) is 12.8 Å². The second-order valence-electron chi connectivity index (χ2n) is 11.6. The van der Waals surface area contributed by atoms with Gasteiger partial charge in [0.05, 0.1) is 37.4 Å². The van der Waals surface area contributed by atoms with E-state index in [1.165, 1.54) is 13.4 Å². The van der Waals surface area contributed by atoms with Gasteiger partial charge in [-0.3, -0.25) is 9.59 Å². The Bertz CT molecular complexity index is 1010. The van der Waals surface area contributed by atoms with Crippen molar-refractivity contribution in [1.29, 1.82) is 0 Å². The number of hydrogen-bond donors (Lipinski definition) is 4. The van der Waals surface area contributed by atoms with Crippen LogP contribution in [0.15, 0.2) is 11.8 Å². The monoisotopic (exact) mass is 570 g/mol. The summed E-state index contributed by atoms with van der Waals surface area (Å²) in [4.78, 5) is 38.3. The van der Waals surface area contributed by atoms with E-state index in [4.69, 9.17) is 28.4 Å². The normalized spacial score (nSPS) is 46.4. The van der Waals surface area contributed by atoms with Crippen LogP contribution in [-0.2, 0) is 42.8 Å². The van der Waals surface area contributed by atoms with Gasteiger partial charge in [0, 0.05) is 17.8 Å². The van der Waals surface area contributed by atoms with E-state index >= 15 is 0 Å². The van der Waals surface area contributed by atoms with Gasteiger partial charge < -0.3 is 48.8 Å². The Morgan fingerprint density at radius 1 is 1.07 bits per heavy atom. The van der Waals surface area contributed by atoms with E-state index in [2.05, 4.69) is 0 Å². The molecule has 13 heteroatoms. The number of hydrogen-bond acceptors (Lipinski definition) is 13. The summed E-state index contributed by atoms with van der Waals surface area (Å²) in [6.07, 6.45) is -6.14. The minimum atomic E-state index is -1.65. The van der Waals surface area contributed by atoms with E-state index in [1.807, 2.05) is 13.8 Å². The highest BCUT2D eigenvalue weighted by molar-refractivity contribution is 5.89. The molecule has 5 rings (SSSR count). The van der Waals surface area contributed by atoms with Crippen LogP contribution in [0.5, 0.6) is 0 Å². The van der Waals surface area contributed by atoms with E-state index in [9.17, 15) is 34.8 Å². The number of esters is 3. The molecule has 0 unspecified atom stereocenters. The zero-order valence-electron chi connectivity index (χ0n) is 22.7. The second kappa shape index (κ2) is 11.5. The molecular formula is C27H38O13. The van der Waals surface area contributed by atoms with Gasteiger partial charge in [-0.2, -0.15) is 0 Å². The first-order valence-corrected chi connectivity index (χ1v) is 13.8. The fourth-order valence-electron chi connectivity index (χ4n) is 7.20. The Morgan fingerprint density at radius 3 is 2.52 bits per heavy atom. The van der Waals surface area contributed by atoms with Crippen molar-refractivity contribution in [2.45, 2.75) is 76.2 Å². The first-order chi connectivity index (χ1) is 19.1. The molecule has 0 radical (unpaired) electrons. The van der Waals surface area contributed by atoms with Gasteiger partial charge in [0.15, 0.2) is 6.29 Å². The molecule has 2 saturated carbocycles. The van der Waals surface area contributed by atoms with Crippen LogP contribution in [-0.4, -0.2) is 102 Å². The van der Waals surface area contributed by atoms with E-state index in [0.29, 0.717) is 0 Å². The number of ether oxygens (including phenoxy) is 6. The molecule has 0 aromatic carbocycles. The number of aliphatic hydroxyl groups excluding tert-OH is 4. The summed E-state index contributed by atoms with van der Waals surface area (Å²) < 4.78 is 33.4. The minimum Gasteiger partial charge on any atom is -0.472 e. The van der Waals surface area contributed by atoms with Gasteiger partial charge in [-0.1, -0.05) is 13.8 Å². The average Bonchev–Trinajstić information content (AvgIpc) is 3.49. The fraction of sp³-hybridized carbons (Fsp3) is 0.815.